The fourth-order valence-corrected chi connectivity index (χ4v) is 2.17. The van der Waals surface area contributed by atoms with Crippen molar-refractivity contribution in [1.82, 2.24) is 0 Å². The van der Waals surface area contributed by atoms with Crippen molar-refractivity contribution < 1.29 is 14.3 Å². The predicted octanol–water partition coefficient (Wildman–Crippen LogP) is 3.99. The summed E-state index contributed by atoms with van der Waals surface area (Å²) in [5, 5.41) is 3.05. The molecule has 1 aliphatic heterocycles. The van der Waals surface area contributed by atoms with Gasteiger partial charge in [0.15, 0.2) is 17.3 Å². The van der Waals surface area contributed by atoms with Crippen LogP contribution in [0.1, 0.15) is 10.4 Å². The quantitative estimate of drug-likeness (QED) is 0.672. The number of nitrogens with one attached hydrogen (secondary N) is 1. The van der Waals surface area contributed by atoms with Crippen LogP contribution in [0.3, 0.4) is 0 Å². The number of anilines is 1. The SMILES string of the molecule is O=C(C=CNc1ccc(Br)cc1)c1ccc2c(c1)OCO2. The Morgan fingerprint density at radius 2 is 1.86 bits per heavy atom. The molecule has 0 saturated heterocycles. The second-order valence-electron chi connectivity index (χ2n) is 4.42. The van der Waals surface area contributed by atoms with E-state index in [1.165, 1.54) is 6.08 Å². The molecule has 0 atom stereocenters. The lowest BCUT2D eigenvalue weighted by Crippen LogP contribution is -1.96. The Labute approximate surface area is 130 Å². The van der Waals surface area contributed by atoms with Gasteiger partial charge in [-0.25, -0.2) is 0 Å². The highest BCUT2D eigenvalue weighted by Gasteiger charge is 2.14. The van der Waals surface area contributed by atoms with Gasteiger partial charge in [-0.1, -0.05) is 15.9 Å². The van der Waals surface area contributed by atoms with Gasteiger partial charge in [0.05, 0.1) is 0 Å². The van der Waals surface area contributed by atoms with Gasteiger partial charge < -0.3 is 14.8 Å². The largest absolute Gasteiger partial charge is 0.454 e. The smallest absolute Gasteiger partial charge is 0.231 e. The summed E-state index contributed by atoms with van der Waals surface area (Å²) < 4.78 is 11.5. The van der Waals surface area contributed by atoms with Crippen molar-refractivity contribution in [3.8, 4) is 11.5 Å². The summed E-state index contributed by atoms with van der Waals surface area (Å²) >= 11 is 3.37. The monoisotopic (exact) mass is 345 g/mol. The molecule has 0 aromatic heterocycles. The maximum Gasteiger partial charge on any atom is 0.231 e. The van der Waals surface area contributed by atoms with E-state index >= 15 is 0 Å². The minimum Gasteiger partial charge on any atom is -0.454 e. The van der Waals surface area contributed by atoms with E-state index in [2.05, 4.69) is 21.2 Å². The molecule has 0 saturated carbocycles. The van der Waals surface area contributed by atoms with Crippen LogP contribution in [0.15, 0.2) is 59.2 Å². The number of benzene rings is 2. The Bertz CT molecular complexity index is 695. The Morgan fingerprint density at radius 3 is 2.67 bits per heavy atom. The number of carbonyl (C=O) groups excluding carboxylic acids is 1. The van der Waals surface area contributed by atoms with Crippen LogP contribution in [0.4, 0.5) is 5.69 Å². The zero-order chi connectivity index (χ0) is 14.7. The van der Waals surface area contributed by atoms with Crippen LogP contribution in [0.25, 0.3) is 0 Å². The van der Waals surface area contributed by atoms with Crippen molar-refractivity contribution in [2.45, 2.75) is 0 Å². The third kappa shape index (κ3) is 3.25. The maximum atomic E-state index is 12.1. The number of halogens is 1. The molecule has 1 N–H and O–H groups in total. The van der Waals surface area contributed by atoms with Crippen LogP contribution in [-0.2, 0) is 0 Å². The van der Waals surface area contributed by atoms with Gasteiger partial charge in [-0.3, -0.25) is 4.79 Å². The normalized spacial score (nSPS) is 12.6. The molecule has 3 rings (SSSR count). The average Bonchev–Trinajstić information content (AvgIpc) is 2.96. The van der Waals surface area contributed by atoms with Crippen LogP contribution in [-0.4, -0.2) is 12.6 Å². The molecule has 106 valence electrons. The molecular weight excluding hydrogens is 334 g/mol. The molecule has 0 bridgehead atoms. The lowest BCUT2D eigenvalue weighted by atomic mass is 10.1. The summed E-state index contributed by atoms with van der Waals surface area (Å²) in [7, 11) is 0. The highest BCUT2D eigenvalue weighted by atomic mass is 79.9. The summed E-state index contributed by atoms with van der Waals surface area (Å²) in [5.41, 5.74) is 1.47. The van der Waals surface area contributed by atoms with E-state index in [9.17, 15) is 4.79 Å². The Balaban J connectivity index is 1.65. The Hall–Kier alpha value is -2.27. The number of hydrogen-bond donors (Lipinski definition) is 1. The molecular formula is C16H12BrNO3. The maximum absolute atomic E-state index is 12.1. The van der Waals surface area contributed by atoms with E-state index in [-0.39, 0.29) is 12.6 Å². The number of carbonyl (C=O) groups is 1. The van der Waals surface area contributed by atoms with E-state index in [4.69, 9.17) is 9.47 Å². The van der Waals surface area contributed by atoms with Gasteiger partial charge in [-0.15, -0.1) is 0 Å². The molecule has 0 amide bonds. The first-order valence-corrected chi connectivity index (χ1v) is 7.14. The first kappa shape index (κ1) is 13.7. The van der Waals surface area contributed by atoms with E-state index in [1.54, 1.807) is 24.4 Å². The van der Waals surface area contributed by atoms with Crippen LogP contribution in [0.2, 0.25) is 0 Å². The molecule has 2 aromatic carbocycles. The highest BCUT2D eigenvalue weighted by Crippen LogP contribution is 2.32. The van der Waals surface area contributed by atoms with Gasteiger partial charge in [-0.05, 0) is 42.5 Å². The number of rotatable bonds is 4. The first-order chi connectivity index (χ1) is 10.2. The molecule has 1 aliphatic rings. The molecule has 0 radical (unpaired) electrons. The van der Waals surface area contributed by atoms with Crippen LogP contribution < -0.4 is 14.8 Å². The zero-order valence-corrected chi connectivity index (χ0v) is 12.6. The Morgan fingerprint density at radius 1 is 1.10 bits per heavy atom. The summed E-state index contributed by atoms with van der Waals surface area (Å²) in [6.45, 7) is 0.202. The molecule has 5 heteroatoms. The van der Waals surface area contributed by atoms with Gasteiger partial charge in [0.25, 0.3) is 0 Å². The van der Waals surface area contributed by atoms with Crippen molar-refractivity contribution in [2.75, 3.05) is 12.1 Å². The Kier molecular flexibility index (Phi) is 3.92. The topological polar surface area (TPSA) is 47.6 Å². The van der Waals surface area contributed by atoms with E-state index in [0.717, 1.165) is 10.2 Å². The average molecular weight is 346 g/mol. The van der Waals surface area contributed by atoms with Crippen LogP contribution in [0.5, 0.6) is 11.5 Å². The lowest BCUT2D eigenvalue weighted by molar-refractivity contribution is 0.104. The van der Waals surface area contributed by atoms with Crippen molar-refractivity contribution in [3.05, 3.63) is 64.8 Å². The number of fused-ring (bicyclic) bond motifs is 1. The summed E-state index contributed by atoms with van der Waals surface area (Å²) in [6, 6.07) is 12.8. The van der Waals surface area contributed by atoms with Gasteiger partial charge in [-0.2, -0.15) is 0 Å². The third-order valence-electron chi connectivity index (χ3n) is 2.99. The fraction of sp³-hybridized carbons (Fsp3) is 0.0625. The molecule has 21 heavy (non-hydrogen) atoms. The van der Waals surface area contributed by atoms with E-state index < -0.39 is 0 Å². The summed E-state index contributed by atoms with van der Waals surface area (Å²) in [4.78, 5) is 12.1. The van der Waals surface area contributed by atoms with Crippen molar-refractivity contribution in [1.29, 1.82) is 0 Å². The molecule has 0 unspecified atom stereocenters. The van der Waals surface area contributed by atoms with Gasteiger partial charge in [0.1, 0.15) is 0 Å². The molecule has 2 aromatic rings. The number of ketones is 1. The number of ether oxygens (including phenoxy) is 2. The molecule has 0 fully saturated rings. The molecule has 4 nitrogen and oxygen atoms in total. The van der Waals surface area contributed by atoms with Crippen molar-refractivity contribution >= 4 is 27.4 Å². The molecule has 0 spiro atoms. The number of allylic oxidation sites excluding steroid dienone is 1. The summed E-state index contributed by atoms with van der Waals surface area (Å²) in [5.74, 6) is 1.18. The second-order valence-corrected chi connectivity index (χ2v) is 5.33. The minimum atomic E-state index is -0.0992. The van der Waals surface area contributed by atoms with E-state index in [0.29, 0.717) is 17.1 Å². The minimum absolute atomic E-state index is 0.0992. The van der Waals surface area contributed by atoms with E-state index in [1.807, 2.05) is 24.3 Å². The third-order valence-corrected chi connectivity index (χ3v) is 3.51. The van der Waals surface area contributed by atoms with Crippen molar-refractivity contribution in [2.24, 2.45) is 0 Å². The fourth-order valence-electron chi connectivity index (χ4n) is 1.91. The zero-order valence-electron chi connectivity index (χ0n) is 11.0. The first-order valence-electron chi connectivity index (χ1n) is 6.35. The van der Waals surface area contributed by atoms with Gasteiger partial charge in [0.2, 0.25) is 6.79 Å². The summed E-state index contributed by atoms with van der Waals surface area (Å²) in [6.07, 6.45) is 3.11. The van der Waals surface area contributed by atoms with Gasteiger partial charge >= 0.3 is 0 Å². The second kappa shape index (κ2) is 6.01. The standard InChI is InChI=1S/C16H12BrNO3/c17-12-2-4-13(5-3-12)18-8-7-14(19)11-1-6-15-16(9-11)21-10-20-15/h1-9,18H,10H2. The van der Waals surface area contributed by atoms with Crippen LogP contribution in [0, 0.1) is 0 Å². The van der Waals surface area contributed by atoms with Gasteiger partial charge in [0, 0.05) is 28.0 Å². The molecule has 1 heterocycles. The molecule has 0 aliphatic carbocycles. The van der Waals surface area contributed by atoms with Crippen LogP contribution >= 0.6 is 15.9 Å². The lowest BCUT2D eigenvalue weighted by Gasteiger charge is -2.01. The highest BCUT2D eigenvalue weighted by molar-refractivity contribution is 9.10. The number of hydrogen-bond acceptors (Lipinski definition) is 4. The predicted molar refractivity (Wildman–Crippen MR) is 83.8 cm³/mol. The van der Waals surface area contributed by atoms with Crippen molar-refractivity contribution in [3.63, 3.8) is 0 Å².